The fourth-order valence-corrected chi connectivity index (χ4v) is 3.79. The topological polar surface area (TPSA) is 58.5 Å². The normalized spacial score (nSPS) is 25.4. The van der Waals surface area contributed by atoms with E-state index in [1.165, 1.54) is 6.42 Å². The monoisotopic (exact) mass is 389 g/mol. The standard InChI is InChI=1S/C14H20IN3O2/c1-10-6-14(9-20-10)2-4-18(5-3-14)13-11(8-19)17-12(15)7-16-13/h7,10,19H,2-6,8-9H2,1H3/t10-/m0/s1. The van der Waals surface area contributed by atoms with Gasteiger partial charge in [-0.1, -0.05) is 0 Å². The van der Waals surface area contributed by atoms with Crippen LogP contribution in [0.1, 0.15) is 31.9 Å². The molecule has 2 aliphatic heterocycles. The molecule has 20 heavy (non-hydrogen) atoms. The molecule has 0 radical (unpaired) electrons. The number of halogens is 1. The van der Waals surface area contributed by atoms with E-state index in [0.717, 1.165) is 42.1 Å². The Morgan fingerprint density at radius 3 is 2.85 bits per heavy atom. The van der Waals surface area contributed by atoms with E-state index in [9.17, 15) is 5.11 Å². The van der Waals surface area contributed by atoms with Crippen LogP contribution in [0.25, 0.3) is 0 Å². The van der Waals surface area contributed by atoms with E-state index in [4.69, 9.17) is 4.74 Å². The first-order chi connectivity index (χ1) is 9.62. The summed E-state index contributed by atoms with van der Waals surface area (Å²) in [5.74, 6) is 0.842. The van der Waals surface area contributed by atoms with Gasteiger partial charge in [-0.05, 0) is 54.2 Å². The van der Waals surface area contributed by atoms with Crippen LogP contribution in [-0.4, -0.2) is 40.9 Å². The van der Waals surface area contributed by atoms with Crippen molar-refractivity contribution in [2.75, 3.05) is 24.6 Å². The summed E-state index contributed by atoms with van der Waals surface area (Å²) in [4.78, 5) is 11.1. The summed E-state index contributed by atoms with van der Waals surface area (Å²) in [6, 6.07) is 0. The Morgan fingerprint density at radius 1 is 1.50 bits per heavy atom. The zero-order valence-corrected chi connectivity index (χ0v) is 13.8. The zero-order chi connectivity index (χ0) is 14.2. The Bertz CT molecular complexity index is 489. The predicted octanol–water partition coefficient (Wildman–Crippen LogP) is 1.97. The van der Waals surface area contributed by atoms with Crippen LogP contribution in [0.15, 0.2) is 6.20 Å². The summed E-state index contributed by atoms with van der Waals surface area (Å²) < 4.78 is 6.58. The van der Waals surface area contributed by atoms with Crippen molar-refractivity contribution in [1.82, 2.24) is 9.97 Å². The van der Waals surface area contributed by atoms with Crippen molar-refractivity contribution < 1.29 is 9.84 Å². The summed E-state index contributed by atoms with van der Waals surface area (Å²) in [5, 5.41) is 9.46. The summed E-state index contributed by atoms with van der Waals surface area (Å²) in [7, 11) is 0. The molecule has 2 fully saturated rings. The Kier molecular flexibility index (Phi) is 4.14. The summed E-state index contributed by atoms with van der Waals surface area (Å²) in [6.07, 6.45) is 5.60. The molecule has 1 atom stereocenters. The van der Waals surface area contributed by atoms with Crippen molar-refractivity contribution in [2.24, 2.45) is 5.41 Å². The molecule has 3 rings (SSSR count). The van der Waals surface area contributed by atoms with Crippen LogP contribution < -0.4 is 4.90 Å². The van der Waals surface area contributed by atoms with Gasteiger partial charge < -0.3 is 14.7 Å². The minimum Gasteiger partial charge on any atom is -0.390 e. The molecule has 0 aromatic carbocycles. The lowest BCUT2D eigenvalue weighted by Crippen LogP contribution is -2.41. The molecule has 6 heteroatoms. The van der Waals surface area contributed by atoms with Gasteiger partial charge in [-0.25, -0.2) is 9.97 Å². The van der Waals surface area contributed by atoms with Crippen molar-refractivity contribution in [1.29, 1.82) is 0 Å². The molecule has 1 spiro atoms. The van der Waals surface area contributed by atoms with Gasteiger partial charge in [0, 0.05) is 13.1 Å². The number of ether oxygens (including phenoxy) is 1. The van der Waals surface area contributed by atoms with E-state index in [1.807, 2.05) is 0 Å². The second kappa shape index (κ2) is 5.73. The van der Waals surface area contributed by atoms with E-state index < -0.39 is 0 Å². The maximum Gasteiger partial charge on any atom is 0.152 e. The number of aliphatic hydroxyl groups excluding tert-OH is 1. The van der Waals surface area contributed by atoms with Crippen LogP contribution in [-0.2, 0) is 11.3 Å². The number of anilines is 1. The Labute approximate surface area is 132 Å². The van der Waals surface area contributed by atoms with Gasteiger partial charge in [0.15, 0.2) is 5.82 Å². The van der Waals surface area contributed by atoms with Gasteiger partial charge in [0.05, 0.1) is 25.5 Å². The molecule has 110 valence electrons. The quantitative estimate of drug-likeness (QED) is 0.784. The fraction of sp³-hybridized carbons (Fsp3) is 0.714. The highest BCUT2D eigenvalue weighted by atomic mass is 127. The molecular formula is C14H20IN3O2. The lowest BCUT2D eigenvalue weighted by molar-refractivity contribution is 0.0975. The average Bonchev–Trinajstić information content (AvgIpc) is 2.81. The van der Waals surface area contributed by atoms with Crippen LogP contribution >= 0.6 is 22.6 Å². The Morgan fingerprint density at radius 2 is 2.25 bits per heavy atom. The predicted molar refractivity (Wildman–Crippen MR) is 84.6 cm³/mol. The van der Waals surface area contributed by atoms with E-state index in [2.05, 4.69) is 44.4 Å². The summed E-state index contributed by atoms with van der Waals surface area (Å²) in [6.45, 7) is 4.94. The molecule has 2 aliphatic rings. The maximum absolute atomic E-state index is 9.46. The number of hydrogen-bond donors (Lipinski definition) is 1. The van der Waals surface area contributed by atoms with Crippen molar-refractivity contribution in [3.63, 3.8) is 0 Å². The summed E-state index contributed by atoms with van der Waals surface area (Å²) in [5.41, 5.74) is 1.05. The van der Waals surface area contributed by atoms with Gasteiger partial charge in [-0.15, -0.1) is 0 Å². The highest BCUT2D eigenvalue weighted by molar-refractivity contribution is 14.1. The molecule has 0 bridgehead atoms. The lowest BCUT2D eigenvalue weighted by Gasteiger charge is -2.39. The van der Waals surface area contributed by atoms with E-state index in [1.54, 1.807) is 6.20 Å². The molecule has 1 aromatic heterocycles. The zero-order valence-electron chi connectivity index (χ0n) is 11.7. The highest BCUT2D eigenvalue weighted by Crippen LogP contribution is 2.42. The third-order valence-corrected chi connectivity index (χ3v) is 4.98. The number of rotatable bonds is 2. The average molecular weight is 389 g/mol. The Balaban J connectivity index is 1.72. The highest BCUT2D eigenvalue weighted by Gasteiger charge is 2.41. The maximum atomic E-state index is 9.46. The molecule has 1 N–H and O–H groups in total. The molecule has 0 saturated carbocycles. The molecule has 1 aromatic rings. The third kappa shape index (κ3) is 2.78. The van der Waals surface area contributed by atoms with E-state index in [-0.39, 0.29) is 6.61 Å². The van der Waals surface area contributed by atoms with Crippen molar-refractivity contribution >= 4 is 28.4 Å². The second-order valence-electron chi connectivity index (χ2n) is 5.93. The molecule has 5 nitrogen and oxygen atoms in total. The number of hydrogen-bond acceptors (Lipinski definition) is 5. The Hall–Kier alpha value is -0.470. The first-order valence-electron chi connectivity index (χ1n) is 7.11. The largest absolute Gasteiger partial charge is 0.390 e. The van der Waals surface area contributed by atoms with Crippen LogP contribution in [0.4, 0.5) is 5.82 Å². The second-order valence-corrected chi connectivity index (χ2v) is 7.04. The SMILES string of the molecule is C[C@H]1CC2(CCN(c3ncc(I)nc3CO)CC2)CO1. The molecule has 0 aliphatic carbocycles. The third-order valence-electron chi connectivity index (χ3n) is 4.46. The van der Waals surface area contributed by atoms with Crippen LogP contribution in [0, 0.1) is 9.12 Å². The van der Waals surface area contributed by atoms with Crippen LogP contribution in [0.3, 0.4) is 0 Å². The molecule has 0 amide bonds. The van der Waals surface area contributed by atoms with E-state index in [0.29, 0.717) is 17.2 Å². The molecule has 0 unspecified atom stereocenters. The van der Waals surface area contributed by atoms with Gasteiger partial charge in [-0.2, -0.15) is 0 Å². The van der Waals surface area contributed by atoms with Gasteiger partial charge in [0.1, 0.15) is 9.39 Å². The lowest BCUT2D eigenvalue weighted by atomic mass is 9.77. The molecule has 3 heterocycles. The first kappa shape index (κ1) is 14.5. The molecular weight excluding hydrogens is 369 g/mol. The van der Waals surface area contributed by atoms with Crippen LogP contribution in [0.2, 0.25) is 0 Å². The number of nitrogens with zero attached hydrogens (tertiary/aromatic N) is 3. The van der Waals surface area contributed by atoms with Crippen molar-refractivity contribution in [3.8, 4) is 0 Å². The van der Waals surface area contributed by atoms with Crippen molar-refractivity contribution in [3.05, 3.63) is 15.6 Å². The van der Waals surface area contributed by atoms with E-state index >= 15 is 0 Å². The van der Waals surface area contributed by atoms with Gasteiger partial charge in [0.25, 0.3) is 0 Å². The number of piperidine rings is 1. The van der Waals surface area contributed by atoms with Gasteiger partial charge in [0.2, 0.25) is 0 Å². The van der Waals surface area contributed by atoms with Crippen molar-refractivity contribution in [2.45, 2.75) is 38.9 Å². The minimum atomic E-state index is -0.0546. The minimum absolute atomic E-state index is 0.0546. The van der Waals surface area contributed by atoms with Gasteiger partial charge in [-0.3, -0.25) is 0 Å². The van der Waals surface area contributed by atoms with Crippen LogP contribution in [0.5, 0.6) is 0 Å². The molecule has 2 saturated heterocycles. The number of aromatic nitrogens is 2. The summed E-state index contributed by atoms with van der Waals surface area (Å²) >= 11 is 2.12. The fourth-order valence-electron chi connectivity index (χ4n) is 3.35. The smallest absolute Gasteiger partial charge is 0.152 e. The first-order valence-corrected chi connectivity index (χ1v) is 8.19. The number of aliphatic hydroxyl groups is 1. The van der Waals surface area contributed by atoms with Gasteiger partial charge >= 0.3 is 0 Å².